The summed E-state index contributed by atoms with van der Waals surface area (Å²) in [5.74, 6) is 2.55. The lowest BCUT2D eigenvalue weighted by atomic mass is 10.0. The Bertz CT molecular complexity index is 815. The number of para-hydroxylation sites is 1. The van der Waals surface area contributed by atoms with Crippen LogP contribution in [-0.2, 0) is 6.54 Å². The molecule has 1 aromatic carbocycles. The Hall–Kier alpha value is -2.64. The summed E-state index contributed by atoms with van der Waals surface area (Å²) in [6, 6.07) is 11.9. The van der Waals surface area contributed by atoms with E-state index in [9.17, 15) is 0 Å². The summed E-state index contributed by atoms with van der Waals surface area (Å²) in [5, 5.41) is 7.46. The monoisotopic (exact) mass is 340 g/mol. The molecule has 3 heterocycles. The van der Waals surface area contributed by atoms with Crippen LogP contribution in [0.1, 0.15) is 17.5 Å². The van der Waals surface area contributed by atoms with Gasteiger partial charge in [0.15, 0.2) is 5.76 Å². The van der Waals surface area contributed by atoms with Gasteiger partial charge in [0.2, 0.25) is 11.7 Å². The first-order valence-corrected chi connectivity index (χ1v) is 8.29. The number of hydrogen-bond donors (Lipinski definition) is 1. The quantitative estimate of drug-likeness (QED) is 0.764. The number of rotatable bonds is 5. The highest BCUT2D eigenvalue weighted by molar-refractivity contribution is 5.44. The molecule has 0 saturated carbocycles. The normalized spacial score (nSPS) is 18.4. The standard InChI is InChI=1S/C18H20N4O3/c1-23-15-6-3-2-5-13(15)14-11-19-8-9-22(14)12-17-20-18(21-25-17)16-7-4-10-24-16/h2-7,10,14,19H,8-9,11-12H2,1H3. The number of nitrogens with one attached hydrogen (secondary N) is 1. The number of nitrogens with zero attached hydrogens (tertiary/aromatic N) is 3. The summed E-state index contributed by atoms with van der Waals surface area (Å²) < 4.78 is 16.3. The van der Waals surface area contributed by atoms with Gasteiger partial charge >= 0.3 is 0 Å². The maximum Gasteiger partial charge on any atom is 0.241 e. The SMILES string of the molecule is COc1ccccc1C1CNCCN1Cc1nc(-c2ccco2)no1. The molecular weight excluding hydrogens is 320 g/mol. The topological polar surface area (TPSA) is 76.6 Å². The van der Waals surface area contributed by atoms with Crippen LogP contribution in [0.4, 0.5) is 0 Å². The summed E-state index contributed by atoms with van der Waals surface area (Å²) in [6.07, 6.45) is 1.60. The molecule has 1 saturated heterocycles. The van der Waals surface area contributed by atoms with Crippen molar-refractivity contribution in [2.75, 3.05) is 26.7 Å². The number of aromatic nitrogens is 2. The number of benzene rings is 1. The van der Waals surface area contributed by atoms with Crippen LogP contribution in [-0.4, -0.2) is 41.8 Å². The van der Waals surface area contributed by atoms with E-state index in [2.05, 4.69) is 26.4 Å². The highest BCUT2D eigenvalue weighted by Crippen LogP contribution is 2.31. The second-order valence-corrected chi connectivity index (χ2v) is 5.92. The molecule has 0 spiro atoms. The van der Waals surface area contributed by atoms with Crippen molar-refractivity contribution < 1.29 is 13.7 Å². The van der Waals surface area contributed by atoms with E-state index in [1.54, 1.807) is 19.4 Å². The minimum Gasteiger partial charge on any atom is -0.496 e. The largest absolute Gasteiger partial charge is 0.496 e. The van der Waals surface area contributed by atoms with Crippen LogP contribution in [0.2, 0.25) is 0 Å². The molecule has 25 heavy (non-hydrogen) atoms. The third kappa shape index (κ3) is 3.29. The Morgan fingerprint density at radius 1 is 1.28 bits per heavy atom. The van der Waals surface area contributed by atoms with Crippen LogP contribution < -0.4 is 10.1 Å². The van der Waals surface area contributed by atoms with Gasteiger partial charge in [-0.05, 0) is 18.2 Å². The van der Waals surface area contributed by atoms with Gasteiger partial charge in [-0.1, -0.05) is 23.4 Å². The number of methoxy groups -OCH3 is 1. The smallest absolute Gasteiger partial charge is 0.241 e. The van der Waals surface area contributed by atoms with Crippen molar-refractivity contribution in [3.05, 3.63) is 54.1 Å². The van der Waals surface area contributed by atoms with Gasteiger partial charge in [0.25, 0.3) is 0 Å². The summed E-state index contributed by atoms with van der Waals surface area (Å²) in [5.41, 5.74) is 1.16. The van der Waals surface area contributed by atoms with Crippen LogP contribution >= 0.6 is 0 Å². The predicted molar refractivity (Wildman–Crippen MR) is 91.0 cm³/mol. The van der Waals surface area contributed by atoms with Gasteiger partial charge in [0, 0.05) is 25.2 Å². The molecule has 1 aliphatic heterocycles. The maximum absolute atomic E-state index is 5.53. The van der Waals surface area contributed by atoms with Crippen LogP contribution in [0.5, 0.6) is 5.75 Å². The first-order chi connectivity index (χ1) is 12.3. The van der Waals surface area contributed by atoms with E-state index in [-0.39, 0.29) is 6.04 Å². The van der Waals surface area contributed by atoms with Crippen molar-refractivity contribution in [2.24, 2.45) is 0 Å². The average molecular weight is 340 g/mol. The molecular formula is C18H20N4O3. The maximum atomic E-state index is 5.53. The fraction of sp³-hybridized carbons (Fsp3) is 0.333. The molecule has 0 aliphatic carbocycles. The molecule has 2 aromatic heterocycles. The molecule has 1 N–H and O–H groups in total. The lowest BCUT2D eigenvalue weighted by molar-refractivity contribution is 0.133. The van der Waals surface area contributed by atoms with Gasteiger partial charge in [0.05, 0.1) is 26.0 Å². The van der Waals surface area contributed by atoms with Crippen molar-refractivity contribution in [3.8, 4) is 17.3 Å². The van der Waals surface area contributed by atoms with Gasteiger partial charge in [0.1, 0.15) is 5.75 Å². The highest BCUT2D eigenvalue weighted by Gasteiger charge is 2.27. The van der Waals surface area contributed by atoms with E-state index < -0.39 is 0 Å². The first kappa shape index (κ1) is 15.9. The Morgan fingerprint density at radius 2 is 2.20 bits per heavy atom. The molecule has 0 radical (unpaired) electrons. The van der Waals surface area contributed by atoms with Crippen molar-refractivity contribution in [2.45, 2.75) is 12.6 Å². The summed E-state index contributed by atoms with van der Waals surface area (Å²) in [6.45, 7) is 3.24. The number of furan rings is 1. The zero-order chi connectivity index (χ0) is 17.1. The third-order valence-corrected chi connectivity index (χ3v) is 4.40. The van der Waals surface area contributed by atoms with E-state index in [4.69, 9.17) is 13.7 Å². The van der Waals surface area contributed by atoms with Crippen molar-refractivity contribution in [3.63, 3.8) is 0 Å². The first-order valence-electron chi connectivity index (χ1n) is 8.29. The van der Waals surface area contributed by atoms with Gasteiger partial charge in [-0.25, -0.2) is 0 Å². The third-order valence-electron chi connectivity index (χ3n) is 4.40. The molecule has 7 nitrogen and oxygen atoms in total. The second kappa shape index (κ2) is 7.08. The molecule has 1 aliphatic rings. The highest BCUT2D eigenvalue weighted by atomic mass is 16.5. The van der Waals surface area contributed by atoms with Crippen molar-refractivity contribution >= 4 is 0 Å². The summed E-state index contributed by atoms with van der Waals surface area (Å²) in [4.78, 5) is 6.78. The predicted octanol–water partition coefficient (Wildman–Crippen LogP) is 2.48. The summed E-state index contributed by atoms with van der Waals surface area (Å²) >= 11 is 0. The molecule has 4 rings (SSSR count). The van der Waals surface area contributed by atoms with E-state index in [1.807, 2.05) is 24.3 Å². The van der Waals surface area contributed by atoms with Gasteiger partial charge in [-0.15, -0.1) is 0 Å². The van der Waals surface area contributed by atoms with Crippen LogP contribution in [0.25, 0.3) is 11.6 Å². The Kier molecular flexibility index (Phi) is 4.49. The van der Waals surface area contributed by atoms with Crippen LogP contribution in [0.3, 0.4) is 0 Å². The van der Waals surface area contributed by atoms with Crippen LogP contribution in [0, 0.1) is 0 Å². The molecule has 130 valence electrons. The minimum absolute atomic E-state index is 0.184. The average Bonchev–Trinajstić information content (AvgIpc) is 3.34. The van der Waals surface area contributed by atoms with Gasteiger partial charge < -0.3 is 19.0 Å². The van der Waals surface area contributed by atoms with Crippen molar-refractivity contribution in [1.29, 1.82) is 0 Å². The minimum atomic E-state index is 0.184. The lowest BCUT2D eigenvalue weighted by Gasteiger charge is -2.36. The van der Waals surface area contributed by atoms with Crippen LogP contribution in [0.15, 0.2) is 51.6 Å². The Balaban J connectivity index is 1.55. The molecule has 3 aromatic rings. The Labute approximate surface area is 145 Å². The molecule has 1 atom stereocenters. The zero-order valence-electron chi connectivity index (χ0n) is 14.0. The van der Waals surface area contributed by atoms with Crippen molar-refractivity contribution in [1.82, 2.24) is 20.4 Å². The molecule has 0 amide bonds. The zero-order valence-corrected chi connectivity index (χ0v) is 14.0. The number of piperazine rings is 1. The number of ether oxygens (including phenoxy) is 1. The van der Waals surface area contributed by atoms with E-state index in [1.165, 1.54) is 0 Å². The molecule has 0 bridgehead atoms. The molecule has 7 heteroatoms. The van der Waals surface area contributed by atoms with Gasteiger partial charge in [-0.3, -0.25) is 4.90 Å². The van der Waals surface area contributed by atoms with Gasteiger partial charge in [-0.2, -0.15) is 4.98 Å². The molecule has 1 fully saturated rings. The number of hydrogen-bond acceptors (Lipinski definition) is 7. The Morgan fingerprint density at radius 3 is 3.04 bits per heavy atom. The fourth-order valence-corrected chi connectivity index (χ4v) is 3.18. The fourth-order valence-electron chi connectivity index (χ4n) is 3.18. The lowest BCUT2D eigenvalue weighted by Crippen LogP contribution is -2.45. The molecule has 1 unspecified atom stereocenters. The second-order valence-electron chi connectivity index (χ2n) is 5.92. The van der Waals surface area contributed by atoms with E-state index in [0.29, 0.717) is 24.0 Å². The summed E-state index contributed by atoms with van der Waals surface area (Å²) in [7, 11) is 1.70. The van der Waals surface area contributed by atoms with E-state index in [0.717, 1.165) is 30.9 Å². The van der Waals surface area contributed by atoms with E-state index >= 15 is 0 Å².